The van der Waals surface area contributed by atoms with Crippen molar-refractivity contribution in [2.75, 3.05) is 13.2 Å². The second-order valence-electron chi connectivity index (χ2n) is 1.49. The van der Waals surface area contributed by atoms with Crippen molar-refractivity contribution < 1.29 is 9.53 Å². The Morgan fingerprint density at radius 3 is 3.25 bits per heavy atom. The van der Waals surface area contributed by atoms with Crippen molar-refractivity contribution in [3.8, 4) is 0 Å². The summed E-state index contributed by atoms with van der Waals surface area (Å²) in [6, 6.07) is 0. The maximum absolute atomic E-state index is 9.80. The first-order valence-electron chi connectivity index (χ1n) is 2.53. The Bertz CT molecular complexity index is 120. The number of aldehydes is 1. The number of aliphatic imine (C=N–C) groups is 1. The van der Waals surface area contributed by atoms with Gasteiger partial charge in [-0.2, -0.15) is 0 Å². The van der Waals surface area contributed by atoms with Crippen LogP contribution in [0.15, 0.2) is 4.99 Å². The SMILES string of the molecule is O=CCC1=NCCO1. The average Bonchev–Trinajstić information content (AvgIpc) is 2.19. The molecule has 0 saturated heterocycles. The van der Waals surface area contributed by atoms with E-state index < -0.39 is 0 Å². The molecule has 0 radical (unpaired) electrons. The topological polar surface area (TPSA) is 38.7 Å². The summed E-state index contributed by atoms with van der Waals surface area (Å²) in [6.45, 7) is 1.35. The van der Waals surface area contributed by atoms with Gasteiger partial charge in [0.1, 0.15) is 12.9 Å². The lowest BCUT2D eigenvalue weighted by Gasteiger charge is -1.91. The molecule has 0 spiro atoms. The van der Waals surface area contributed by atoms with Gasteiger partial charge in [0.15, 0.2) is 5.90 Å². The molecule has 0 aromatic rings. The lowest BCUT2D eigenvalue weighted by atomic mass is 10.5. The van der Waals surface area contributed by atoms with Gasteiger partial charge in [-0.1, -0.05) is 0 Å². The van der Waals surface area contributed by atoms with Gasteiger partial charge < -0.3 is 9.53 Å². The van der Waals surface area contributed by atoms with Crippen LogP contribution in [0.2, 0.25) is 0 Å². The molecule has 3 nitrogen and oxygen atoms in total. The van der Waals surface area contributed by atoms with Gasteiger partial charge in [0.2, 0.25) is 0 Å². The highest BCUT2D eigenvalue weighted by molar-refractivity contribution is 5.88. The smallest absolute Gasteiger partial charge is 0.190 e. The molecule has 1 heterocycles. The molecule has 0 aliphatic carbocycles. The van der Waals surface area contributed by atoms with Crippen molar-refractivity contribution in [1.29, 1.82) is 0 Å². The molecular weight excluding hydrogens is 106 g/mol. The molecule has 0 fully saturated rings. The summed E-state index contributed by atoms with van der Waals surface area (Å²) in [5.41, 5.74) is 0. The second kappa shape index (κ2) is 2.45. The molecule has 1 rings (SSSR count). The first-order valence-corrected chi connectivity index (χ1v) is 2.53. The Morgan fingerprint density at radius 2 is 2.75 bits per heavy atom. The number of carbonyl (C=O) groups excluding carboxylic acids is 1. The molecule has 8 heavy (non-hydrogen) atoms. The Morgan fingerprint density at radius 1 is 1.88 bits per heavy atom. The maximum Gasteiger partial charge on any atom is 0.190 e. The molecule has 0 unspecified atom stereocenters. The van der Waals surface area contributed by atoms with E-state index in [2.05, 4.69) is 4.99 Å². The van der Waals surface area contributed by atoms with Gasteiger partial charge in [0.25, 0.3) is 0 Å². The van der Waals surface area contributed by atoms with E-state index in [0.29, 0.717) is 25.5 Å². The monoisotopic (exact) mass is 113 g/mol. The summed E-state index contributed by atoms with van der Waals surface area (Å²) < 4.78 is 4.91. The lowest BCUT2D eigenvalue weighted by Crippen LogP contribution is -1.98. The van der Waals surface area contributed by atoms with Crippen LogP contribution in [0.25, 0.3) is 0 Å². The Balaban J connectivity index is 2.33. The summed E-state index contributed by atoms with van der Waals surface area (Å²) in [6.07, 6.45) is 1.13. The zero-order valence-electron chi connectivity index (χ0n) is 4.46. The van der Waals surface area contributed by atoms with E-state index in [9.17, 15) is 4.79 Å². The third-order valence-corrected chi connectivity index (χ3v) is 0.906. The molecule has 1 aliphatic rings. The molecule has 1 aliphatic heterocycles. The zero-order valence-corrected chi connectivity index (χ0v) is 4.46. The molecular formula is C5H7NO2. The van der Waals surface area contributed by atoms with Gasteiger partial charge in [0.05, 0.1) is 13.0 Å². The summed E-state index contributed by atoms with van der Waals surface area (Å²) >= 11 is 0. The van der Waals surface area contributed by atoms with Crippen molar-refractivity contribution >= 4 is 12.2 Å². The van der Waals surface area contributed by atoms with Gasteiger partial charge in [-0.05, 0) is 0 Å². The van der Waals surface area contributed by atoms with Gasteiger partial charge in [-0.25, -0.2) is 0 Å². The number of ether oxygens (including phenoxy) is 1. The van der Waals surface area contributed by atoms with Crippen LogP contribution in [0.4, 0.5) is 0 Å². The minimum atomic E-state index is 0.333. The summed E-state index contributed by atoms with van der Waals surface area (Å²) in [4.78, 5) is 13.7. The van der Waals surface area contributed by atoms with Crippen LogP contribution in [-0.4, -0.2) is 25.3 Å². The number of carbonyl (C=O) groups is 1. The van der Waals surface area contributed by atoms with Crippen LogP contribution < -0.4 is 0 Å². The zero-order chi connectivity index (χ0) is 5.82. The second-order valence-corrected chi connectivity index (χ2v) is 1.49. The number of rotatable bonds is 2. The van der Waals surface area contributed by atoms with E-state index in [0.717, 1.165) is 6.29 Å². The lowest BCUT2D eigenvalue weighted by molar-refractivity contribution is -0.107. The van der Waals surface area contributed by atoms with E-state index in [1.54, 1.807) is 0 Å². The van der Waals surface area contributed by atoms with Crippen molar-refractivity contribution in [2.24, 2.45) is 4.99 Å². The molecule has 0 atom stereocenters. The fourth-order valence-corrected chi connectivity index (χ4v) is 0.574. The first kappa shape index (κ1) is 5.28. The molecule has 0 saturated carbocycles. The van der Waals surface area contributed by atoms with Crippen LogP contribution >= 0.6 is 0 Å². The predicted octanol–water partition coefficient (Wildman–Crippen LogP) is 0.00410. The van der Waals surface area contributed by atoms with Crippen LogP contribution in [0, 0.1) is 0 Å². The summed E-state index contributed by atoms with van der Waals surface area (Å²) in [7, 11) is 0. The normalized spacial score (nSPS) is 17.2. The maximum atomic E-state index is 9.80. The Kier molecular flexibility index (Phi) is 1.62. The van der Waals surface area contributed by atoms with Gasteiger partial charge in [-0.15, -0.1) is 0 Å². The largest absolute Gasteiger partial charge is 0.479 e. The molecule has 0 N–H and O–H groups in total. The minimum absolute atomic E-state index is 0.333. The molecule has 0 amide bonds. The van der Waals surface area contributed by atoms with E-state index >= 15 is 0 Å². The van der Waals surface area contributed by atoms with Crippen LogP contribution in [0.3, 0.4) is 0 Å². The van der Waals surface area contributed by atoms with Crippen LogP contribution in [-0.2, 0) is 9.53 Å². The van der Waals surface area contributed by atoms with Gasteiger partial charge >= 0.3 is 0 Å². The Hall–Kier alpha value is -0.860. The summed E-state index contributed by atoms with van der Waals surface area (Å²) in [5, 5.41) is 0. The van der Waals surface area contributed by atoms with E-state index in [4.69, 9.17) is 4.74 Å². The Labute approximate surface area is 47.4 Å². The van der Waals surface area contributed by atoms with Crippen molar-refractivity contribution in [1.82, 2.24) is 0 Å². The number of nitrogens with zero attached hydrogens (tertiary/aromatic N) is 1. The minimum Gasteiger partial charge on any atom is -0.479 e. The number of hydrogen-bond acceptors (Lipinski definition) is 3. The third-order valence-electron chi connectivity index (χ3n) is 0.906. The van der Waals surface area contributed by atoms with E-state index in [1.165, 1.54) is 0 Å². The molecule has 0 aromatic heterocycles. The quantitative estimate of drug-likeness (QED) is 0.473. The fraction of sp³-hybridized carbons (Fsp3) is 0.600. The number of hydrogen-bond donors (Lipinski definition) is 0. The van der Waals surface area contributed by atoms with Crippen molar-refractivity contribution in [2.45, 2.75) is 6.42 Å². The molecule has 44 valence electrons. The molecule has 0 aromatic carbocycles. The molecule has 3 heteroatoms. The van der Waals surface area contributed by atoms with Gasteiger partial charge in [-0.3, -0.25) is 4.99 Å². The highest BCUT2D eigenvalue weighted by Crippen LogP contribution is 1.94. The predicted molar refractivity (Wildman–Crippen MR) is 28.9 cm³/mol. The average molecular weight is 113 g/mol. The highest BCUT2D eigenvalue weighted by Gasteiger charge is 2.03. The van der Waals surface area contributed by atoms with Crippen molar-refractivity contribution in [3.05, 3.63) is 0 Å². The van der Waals surface area contributed by atoms with Crippen LogP contribution in [0.1, 0.15) is 6.42 Å². The molecule has 0 bridgehead atoms. The third kappa shape index (κ3) is 1.05. The van der Waals surface area contributed by atoms with Crippen molar-refractivity contribution in [3.63, 3.8) is 0 Å². The summed E-state index contributed by atoms with van der Waals surface area (Å²) in [5.74, 6) is 0.583. The van der Waals surface area contributed by atoms with Crippen LogP contribution in [0.5, 0.6) is 0 Å². The standard InChI is InChI=1S/C5H7NO2/c7-3-1-5-6-2-4-8-5/h3H,1-2,4H2. The first-order chi connectivity index (χ1) is 3.93. The van der Waals surface area contributed by atoms with E-state index in [-0.39, 0.29) is 0 Å². The van der Waals surface area contributed by atoms with E-state index in [1.807, 2.05) is 0 Å². The van der Waals surface area contributed by atoms with Gasteiger partial charge in [0, 0.05) is 0 Å². The highest BCUT2D eigenvalue weighted by atomic mass is 16.5. The fourth-order valence-electron chi connectivity index (χ4n) is 0.574.